The summed E-state index contributed by atoms with van der Waals surface area (Å²) in [5.41, 5.74) is -0.768. The van der Waals surface area contributed by atoms with Gasteiger partial charge in [0.05, 0.1) is 11.7 Å². The molecule has 2 saturated carbocycles. The first-order valence-corrected chi connectivity index (χ1v) is 10.3. The second kappa shape index (κ2) is 7.87. The second-order valence-corrected chi connectivity index (χ2v) is 8.98. The summed E-state index contributed by atoms with van der Waals surface area (Å²) < 4.78 is 44.4. The fraction of sp³-hybridized carbons (Fsp3) is 0.714. The Kier molecular flexibility index (Phi) is 5.59. The lowest BCUT2D eigenvalue weighted by Crippen LogP contribution is -2.48. The molecule has 29 heavy (non-hydrogen) atoms. The highest BCUT2D eigenvalue weighted by Crippen LogP contribution is 2.40. The Balaban J connectivity index is 1.41. The van der Waals surface area contributed by atoms with Crippen LogP contribution in [0.25, 0.3) is 0 Å². The van der Waals surface area contributed by atoms with Crippen molar-refractivity contribution < 1.29 is 22.7 Å². The molecule has 1 aromatic rings. The molecule has 1 amide bonds. The summed E-state index contributed by atoms with van der Waals surface area (Å²) in [6.45, 7) is 2.08. The van der Waals surface area contributed by atoms with Gasteiger partial charge in [-0.3, -0.25) is 9.78 Å². The molecule has 160 valence electrons. The summed E-state index contributed by atoms with van der Waals surface area (Å²) in [6, 6.07) is 2.43. The third-order valence-electron chi connectivity index (χ3n) is 6.59. The summed E-state index contributed by atoms with van der Waals surface area (Å²) in [7, 11) is 4.14. The molecule has 0 aromatic carbocycles. The van der Waals surface area contributed by atoms with Crippen LogP contribution >= 0.6 is 0 Å². The number of likely N-dealkylation sites (N-methyl/N-ethyl adjacent to an activating group) is 1. The van der Waals surface area contributed by atoms with Crippen LogP contribution in [-0.2, 0) is 10.9 Å². The van der Waals surface area contributed by atoms with Crippen LogP contribution in [0.4, 0.5) is 13.2 Å². The molecule has 5 nitrogen and oxygen atoms in total. The Morgan fingerprint density at radius 3 is 2.45 bits per heavy atom. The van der Waals surface area contributed by atoms with E-state index in [2.05, 4.69) is 24.0 Å². The standard InChI is InChI=1S/C21H28F3N3O2/c1-26(2)18-7-14-10-27(11-15(14)8-19(18)29-12-13-3-4-13)20(28)17-6-5-16(9-25-17)21(22,23)24/h5-6,9,13-15,18-19H,3-4,7-8,10-12H2,1-2H3/t14-,15+,18-,19-/m1/s1. The normalized spacial score (nSPS) is 29.9. The number of hydrogen-bond acceptors (Lipinski definition) is 4. The Morgan fingerprint density at radius 2 is 1.90 bits per heavy atom. The van der Waals surface area contributed by atoms with E-state index >= 15 is 0 Å². The quantitative estimate of drug-likeness (QED) is 0.746. The van der Waals surface area contributed by atoms with Gasteiger partial charge in [0.15, 0.2) is 0 Å². The Labute approximate surface area is 169 Å². The number of carbonyl (C=O) groups is 1. The highest BCUT2D eigenvalue weighted by atomic mass is 19.4. The van der Waals surface area contributed by atoms with Gasteiger partial charge in [0.25, 0.3) is 5.91 Å². The second-order valence-electron chi connectivity index (χ2n) is 8.98. The highest BCUT2D eigenvalue weighted by molar-refractivity contribution is 5.92. The molecule has 0 unspecified atom stereocenters. The fourth-order valence-electron chi connectivity index (χ4n) is 4.67. The maximum absolute atomic E-state index is 12.8. The van der Waals surface area contributed by atoms with Crippen molar-refractivity contribution in [3.63, 3.8) is 0 Å². The van der Waals surface area contributed by atoms with Crippen LogP contribution in [0, 0.1) is 17.8 Å². The first-order valence-electron chi connectivity index (χ1n) is 10.3. The van der Waals surface area contributed by atoms with E-state index in [4.69, 9.17) is 4.74 Å². The van der Waals surface area contributed by atoms with E-state index in [-0.39, 0.29) is 17.7 Å². The number of pyridine rings is 1. The lowest BCUT2D eigenvalue weighted by Gasteiger charge is -2.41. The summed E-state index contributed by atoms with van der Waals surface area (Å²) in [6.07, 6.45) is 0.864. The van der Waals surface area contributed by atoms with E-state index in [0.29, 0.717) is 36.9 Å². The number of fused-ring (bicyclic) bond motifs is 1. The van der Waals surface area contributed by atoms with E-state index in [1.54, 1.807) is 4.90 Å². The number of amides is 1. The Morgan fingerprint density at radius 1 is 1.21 bits per heavy atom. The molecule has 0 radical (unpaired) electrons. The van der Waals surface area contributed by atoms with E-state index in [0.717, 1.165) is 31.7 Å². The lowest BCUT2D eigenvalue weighted by molar-refractivity contribution is -0.137. The minimum Gasteiger partial charge on any atom is -0.376 e. The van der Waals surface area contributed by atoms with Gasteiger partial charge < -0.3 is 14.5 Å². The lowest BCUT2D eigenvalue weighted by atomic mass is 9.77. The van der Waals surface area contributed by atoms with Gasteiger partial charge in [-0.1, -0.05) is 0 Å². The number of hydrogen-bond donors (Lipinski definition) is 0. The molecule has 3 aliphatic rings. The maximum Gasteiger partial charge on any atom is 0.417 e. The molecule has 1 aliphatic heterocycles. The van der Waals surface area contributed by atoms with Crippen LogP contribution in [0.15, 0.2) is 18.3 Å². The maximum atomic E-state index is 12.8. The first-order chi connectivity index (χ1) is 13.7. The third kappa shape index (κ3) is 4.58. The van der Waals surface area contributed by atoms with Gasteiger partial charge >= 0.3 is 6.18 Å². The Hall–Kier alpha value is -1.67. The van der Waals surface area contributed by atoms with Crippen molar-refractivity contribution in [3.8, 4) is 0 Å². The average Bonchev–Trinajstić information content (AvgIpc) is 3.41. The Bertz CT molecular complexity index is 734. The molecule has 3 fully saturated rings. The predicted molar refractivity (Wildman–Crippen MR) is 101 cm³/mol. The molecule has 0 bridgehead atoms. The zero-order chi connectivity index (χ0) is 20.8. The van der Waals surface area contributed by atoms with Crippen molar-refractivity contribution >= 4 is 5.91 Å². The predicted octanol–water partition coefficient (Wildman–Crippen LogP) is 3.31. The molecule has 4 rings (SSSR count). The fourth-order valence-corrected chi connectivity index (χ4v) is 4.67. The highest BCUT2D eigenvalue weighted by Gasteiger charge is 2.45. The summed E-state index contributed by atoms with van der Waals surface area (Å²) in [5.74, 6) is 1.18. The molecule has 2 aliphatic carbocycles. The number of ether oxygens (including phenoxy) is 1. The minimum absolute atomic E-state index is 0.0716. The van der Waals surface area contributed by atoms with Gasteiger partial charge in [-0.15, -0.1) is 0 Å². The van der Waals surface area contributed by atoms with Crippen molar-refractivity contribution in [2.75, 3.05) is 33.8 Å². The SMILES string of the molecule is CN(C)[C@@H]1C[C@@H]2CN(C(=O)c3ccc(C(F)(F)F)cn3)C[C@@H]2C[C@H]1OCC1CC1. The molecule has 0 spiro atoms. The summed E-state index contributed by atoms with van der Waals surface area (Å²) in [5, 5.41) is 0. The number of alkyl halides is 3. The largest absolute Gasteiger partial charge is 0.417 e. The molecule has 2 heterocycles. The van der Waals surface area contributed by atoms with Gasteiger partial charge in [-0.2, -0.15) is 13.2 Å². The minimum atomic E-state index is -4.45. The number of aromatic nitrogens is 1. The van der Waals surface area contributed by atoms with E-state index in [9.17, 15) is 18.0 Å². The first kappa shape index (κ1) is 20.6. The van der Waals surface area contributed by atoms with Gasteiger partial charge in [-0.25, -0.2) is 0 Å². The smallest absolute Gasteiger partial charge is 0.376 e. The van der Waals surface area contributed by atoms with Gasteiger partial charge in [0.1, 0.15) is 5.69 Å². The van der Waals surface area contributed by atoms with E-state index in [1.165, 1.54) is 18.9 Å². The molecule has 1 aromatic heterocycles. The third-order valence-corrected chi connectivity index (χ3v) is 6.59. The topological polar surface area (TPSA) is 45.7 Å². The number of rotatable bonds is 5. The van der Waals surface area contributed by atoms with Crippen LogP contribution in [0.2, 0.25) is 0 Å². The zero-order valence-corrected chi connectivity index (χ0v) is 16.9. The number of nitrogens with zero attached hydrogens (tertiary/aromatic N) is 3. The van der Waals surface area contributed by atoms with Gasteiger partial charge in [0.2, 0.25) is 0 Å². The van der Waals surface area contributed by atoms with E-state index < -0.39 is 11.7 Å². The van der Waals surface area contributed by atoms with Crippen molar-refractivity contribution in [1.29, 1.82) is 0 Å². The van der Waals surface area contributed by atoms with Crippen LogP contribution in [-0.4, -0.2) is 66.6 Å². The van der Waals surface area contributed by atoms with Crippen LogP contribution in [0.1, 0.15) is 41.7 Å². The molecule has 8 heteroatoms. The molecular weight excluding hydrogens is 383 g/mol. The van der Waals surface area contributed by atoms with Gasteiger partial charge in [0, 0.05) is 31.9 Å². The van der Waals surface area contributed by atoms with Crippen molar-refractivity contribution in [2.24, 2.45) is 17.8 Å². The van der Waals surface area contributed by atoms with Gasteiger partial charge in [-0.05, 0) is 69.7 Å². The molecule has 4 atom stereocenters. The molecule has 1 saturated heterocycles. The zero-order valence-electron chi connectivity index (χ0n) is 16.9. The summed E-state index contributed by atoms with van der Waals surface area (Å²) in [4.78, 5) is 20.6. The molecule has 0 N–H and O–H groups in total. The number of halogens is 3. The monoisotopic (exact) mass is 411 g/mol. The van der Waals surface area contributed by atoms with Crippen molar-refractivity contribution in [2.45, 2.75) is 44.0 Å². The van der Waals surface area contributed by atoms with Crippen molar-refractivity contribution in [3.05, 3.63) is 29.6 Å². The van der Waals surface area contributed by atoms with Crippen molar-refractivity contribution in [1.82, 2.24) is 14.8 Å². The average molecular weight is 411 g/mol. The van der Waals surface area contributed by atoms with Crippen LogP contribution in [0.3, 0.4) is 0 Å². The summed E-state index contributed by atoms with van der Waals surface area (Å²) >= 11 is 0. The van der Waals surface area contributed by atoms with E-state index in [1.807, 2.05) is 0 Å². The molecular formula is C21H28F3N3O2. The van der Waals surface area contributed by atoms with Crippen LogP contribution in [0.5, 0.6) is 0 Å². The number of likely N-dealkylation sites (tertiary alicyclic amines) is 1. The number of carbonyl (C=O) groups excluding carboxylic acids is 1. The van der Waals surface area contributed by atoms with Crippen LogP contribution < -0.4 is 0 Å².